The number of carbonyl (C=O) groups is 1. The Morgan fingerprint density at radius 3 is 2.94 bits per heavy atom. The number of ether oxygens (including phenoxy) is 1. The molecule has 0 bridgehead atoms. The molecular formula is C13H13ClN2O2. The van der Waals surface area contributed by atoms with Gasteiger partial charge in [-0.2, -0.15) is 5.26 Å². The minimum Gasteiger partial charge on any atom is -0.482 e. The number of amides is 1. The average molecular weight is 265 g/mol. The van der Waals surface area contributed by atoms with E-state index in [1.165, 1.54) is 0 Å². The minimum atomic E-state index is -0.0821. The summed E-state index contributed by atoms with van der Waals surface area (Å²) in [5, 5.41) is 9.39. The van der Waals surface area contributed by atoms with Crippen LogP contribution in [-0.4, -0.2) is 30.5 Å². The maximum atomic E-state index is 11.8. The van der Waals surface area contributed by atoms with Gasteiger partial charge < -0.3 is 9.64 Å². The maximum Gasteiger partial charge on any atom is 0.260 e. The van der Waals surface area contributed by atoms with Gasteiger partial charge >= 0.3 is 0 Å². The summed E-state index contributed by atoms with van der Waals surface area (Å²) in [4.78, 5) is 13.5. The SMILES string of the molecule is CN(C(=O)COc1cc(Cl)ccc1C#N)C1CC1. The van der Waals surface area contributed by atoms with E-state index in [1.807, 2.05) is 6.07 Å². The Bertz CT molecular complexity index is 506. The number of carbonyl (C=O) groups excluding carboxylic acids is 1. The number of nitrogens with zero attached hydrogens (tertiary/aromatic N) is 2. The van der Waals surface area contributed by atoms with E-state index in [9.17, 15) is 4.79 Å². The molecule has 18 heavy (non-hydrogen) atoms. The van der Waals surface area contributed by atoms with Crippen LogP contribution in [0.1, 0.15) is 18.4 Å². The number of hydrogen-bond acceptors (Lipinski definition) is 3. The predicted octanol–water partition coefficient (Wildman–Crippen LogP) is 2.21. The Morgan fingerprint density at radius 2 is 2.33 bits per heavy atom. The van der Waals surface area contributed by atoms with Crippen LogP contribution in [0.3, 0.4) is 0 Å². The van der Waals surface area contributed by atoms with Crippen LogP contribution in [0.2, 0.25) is 5.02 Å². The molecule has 0 spiro atoms. The summed E-state index contributed by atoms with van der Waals surface area (Å²) < 4.78 is 5.37. The molecule has 1 aliphatic rings. The third-order valence-electron chi connectivity index (χ3n) is 2.90. The molecule has 1 fully saturated rings. The van der Waals surface area contributed by atoms with Crippen LogP contribution >= 0.6 is 11.6 Å². The van der Waals surface area contributed by atoms with Crippen LogP contribution in [-0.2, 0) is 4.79 Å². The lowest BCUT2D eigenvalue weighted by molar-refractivity contribution is -0.132. The third-order valence-corrected chi connectivity index (χ3v) is 3.14. The van der Waals surface area contributed by atoms with E-state index < -0.39 is 0 Å². The smallest absolute Gasteiger partial charge is 0.260 e. The lowest BCUT2D eigenvalue weighted by Crippen LogP contribution is -2.33. The predicted molar refractivity (Wildman–Crippen MR) is 67.5 cm³/mol. The lowest BCUT2D eigenvalue weighted by Gasteiger charge is -2.16. The Kier molecular flexibility index (Phi) is 3.73. The van der Waals surface area contributed by atoms with E-state index in [0.29, 0.717) is 22.4 Å². The van der Waals surface area contributed by atoms with Crippen LogP contribution in [0.5, 0.6) is 5.75 Å². The van der Waals surface area contributed by atoms with Crippen molar-refractivity contribution in [2.45, 2.75) is 18.9 Å². The Hall–Kier alpha value is -1.73. The first-order chi connectivity index (χ1) is 8.61. The molecule has 0 aliphatic heterocycles. The molecule has 0 radical (unpaired) electrons. The van der Waals surface area contributed by atoms with E-state index in [2.05, 4.69) is 0 Å². The Balaban J connectivity index is 1.99. The highest BCUT2D eigenvalue weighted by Crippen LogP contribution is 2.26. The number of nitriles is 1. The van der Waals surface area contributed by atoms with Gasteiger partial charge in [0, 0.05) is 24.2 Å². The second-order valence-electron chi connectivity index (χ2n) is 4.28. The van der Waals surface area contributed by atoms with Gasteiger partial charge in [-0.25, -0.2) is 0 Å². The molecule has 0 heterocycles. The molecule has 2 rings (SSSR count). The summed E-state index contributed by atoms with van der Waals surface area (Å²) >= 11 is 5.83. The molecule has 4 nitrogen and oxygen atoms in total. The molecule has 0 aromatic heterocycles. The highest BCUT2D eigenvalue weighted by molar-refractivity contribution is 6.30. The molecule has 0 saturated heterocycles. The van der Waals surface area contributed by atoms with E-state index in [0.717, 1.165) is 12.8 Å². The third kappa shape index (κ3) is 2.93. The molecule has 1 aliphatic carbocycles. The molecular weight excluding hydrogens is 252 g/mol. The Morgan fingerprint density at radius 1 is 1.61 bits per heavy atom. The number of likely N-dealkylation sites (N-methyl/N-ethyl adjacent to an activating group) is 1. The van der Waals surface area contributed by atoms with Crippen molar-refractivity contribution in [3.63, 3.8) is 0 Å². The molecule has 0 unspecified atom stereocenters. The first kappa shape index (κ1) is 12.7. The summed E-state index contributed by atoms with van der Waals surface area (Å²) in [5.41, 5.74) is 0.376. The van der Waals surface area contributed by atoms with E-state index in [1.54, 1.807) is 30.1 Å². The van der Waals surface area contributed by atoms with Gasteiger partial charge in [0.05, 0.1) is 5.56 Å². The number of rotatable bonds is 4. The van der Waals surface area contributed by atoms with Gasteiger partial charge in [-0.15, -0.1) is 0 Å². The number of benzene rings is 1. The van der Waals surface area contributed by atoms with Crippen LogP contribution in [0, 0.1) is 11.3 Å². The standard InChI is InChI=1S/C13H13ClN2O2/c1-16(11-4-5-11)13(17)8-18-12-6-10(14)3-2-9(12)7-15/h2-3,6,11H,4-5,8H2,1H3. The van der Waals surface area contributed by atoms with Gasteiger partial charge in [0.15, 0.2) is 6.61 Å². The second kappa shape index (κ2) is 5.28. The van der Waals surface area contributed by atoms with Crippen molar-refractivity contribution in [1.29, 1.82) is 5.26 Å². The van der Waals surface area contributed by atoms with Crippen LogP contribution in [0.25, 0.3) is 0 Å². The van der Waals surface area contributed by atoms with Crippen molar-refractivity contribution in [2.75, 3.05) is 13.7 Å². The maximum absolute atomic E-state index is 11.8. The molecule has 0 atom stereocenters. The zero-order valence-electron chi connectivity index (χ0n) is 10.0. The molecule has 1 aromatic rings. The Labute approximate surface area is 111 Å². The fourth-order valence-corrected chi connectivity index (χ4v) is 1.78. The zero-order chi connectivity index (χ0) is 13.1. The number of halogens is 1. The minimum absolute atomic E-state index is 0.0674. The van der Waals surface area contributed by atoms with Crippen molar-refractivity contribution in [2.24, 2.45) is 0 Å². The van der Waals surface area contributed by atoms with Gasteiger partial charge in [-0.1, -0.05) is 11.6 Å². The monoisotopic (exact) mass is 264 g/mol. The van der Waals surface area contributed by atoms with Crippen molar-refractivity contribution in [3.8, 4) is 11.8 Å². The van der Waals surface area contributed by atoms with Crippen LogP contribution in [0.15, 0.2) is 18.2 Å². The van der Waals surface area contributed by atoms with Gasteiger partial charge in [-0.05, 0) is 25.0 Å². The van der Waals surface area contributed by atoms with Crippen molar-refractivity contribution < 1.29 is 9.53 Å². The van der Waals surface area contributed by atoms with Gasteiger partial charge in [0.2, 0.25) is 0 Å². The van der Waals surface area contributed by atoms with Gasteiger partial charge in [0.1, 0.15) is 11.8 Å². The summed E-state index contributed by atoms with van der Waals surface area (Å²) in [6.07, 6.45) is 2.12. The first-order valence-corrected chi connectivity index (χ1v) is 6.07. The van der Waals surface area contributed by atoms with Crippen LogP contribution < -0.4 is 4.74 Å². The fourth-order valence-electron chi connectivity index (χ4n) is 1.61. The fraction of sp³-hybridized carbons (Fsp3) is 0.385. The van der Waals surface area contributed by atoms with Crippen molar-refractivity contribution in [1.82, 2.24) is 4.90 Å². The highest BCUT2D eigenvalue weighted by Gasteiger charge is 2.29. The topological polar surface area (TPSA) is 53.3 Å². The van der Waals surface area contributed by atoms with Gasteiger partial charge in [0.25, 0.3) is 5.91 Å². The van der Waals surface area contributed by atoms with E-state index >= 15 is 0 Å². The summed E-state index contributed by atoms with van der Waals surface area (Å²) in [5.74, 6) is 0.268. The summed E-state index contributed by atoms with van der Waals surface area (Å²) in [7, 11) is 1.77. The van der Waals surface area contributed by atoms with Crippen LogP contribution in [0.4, 0.5) is 0 Å². The first-order valence-electron chi connectivity index (χ1n) is 5.70. The average Bonchev–Trinajstić information content (AvgIpc) is 3.19. The van der Waals surface area contributed by atoms with E-state index in [4.69, 9.17) is 21.6 Å². The van der Waals surface area contributed by atoms with Crippen molar-refractivity contribution in [3.05, 3.63) is 28.8 Å². The second-order valence-corrected chi connectivity index (χ2v) is 4.71. The largest absolute Gasteiger partial charge is 0.482 e. The highest BCUT2D eigenvalue weighted by atomic mass is 35.5. The van der Waals surface area contributed by atoms with E-state index in [-0.39, 0.29) is 12.5 Å². The molecule has 1 aromatic carbocycles. The molecule has 1 amide bonds. The summed E-state index contributed by atoms with van der Waals surface area (Å²) in [6, 6.07) is 7.10. The molecule has 0 N–H and O–H groups in total. The van der Waals surface area contributed by atoms with Gasteiger partial charge in [-0.3, -0.25) is 4.79 Å². The normalized spacial score (nSPS) is 13.8. The van der Waals surface area contributed by atoms with Crippen molar-refractivity contribution >= 4 is 17.5 Å². The molecule has 94 valence electrons. The molecule has 5 heteroatoms. The number of hydrogen-bond donors (Lipinski definition) is 0. The molecule has 1 saturated carbocycles. The quantitative estimate of drug-likeness (QED) is 0.838. The zero-order valence-corrected chi connectivity index (χ0v) is 10.8. The lowest BCUT2D eigenvalue weighted by atomic mass is 10.2. The summed E-state index contributed by atoms with van der Waals surface area (Å²) in [6.45, 7) is -0.0674.